The standard InChI is InChI=1S/C12H24O4/c1-3-5-6-7-8-11(15,4-2)12(16,9-13)10-14/h9,14-16H,3-8,10H2,1-2H3. The quantitative estimate of drug-likeness (QED) is 0.410. The third kappa shape index (κ3) is 3.54. The molecule has 96 valence electrons. The predicted molar refractivity (Wildman–Crippen MR) is 62.1 cm³/mol. The average Bonchev–Trinajstić information content (AvgIpc) is 2.33. The maximum absolute atomic E-state index is 10.8. The molecule has 0 fully saturated rings. The molecule has 0 radical (unpaired) electrons. The Balaban J connectivity index is 4.45. The Hall–Kier alpha value is -0.450. The molecule has 2 unspecified atom stereocenters. The fourth-order valence-corrected chi connectivity index (χ4v) is 1.84. The van der Waals surface area contributed by atoms with Crippen molar-refractivity contribution in [2.24, 2.45) is 0 Å². The molecule has 0 aliphatic heterocycles. The fraction of sp³-hybridized carbons (Fsp3) is 0.917. The highest BCUT2D eigenvalue weighted by Crippen LogP contribution is 2.30. The first-order chi connectivity index (χ1) is 7.49. The molecular formula is C12H24O4. The van der Waals surface area contributed by atoms with Gasteiger partial charge in [-0.3, -0.25) is 4.79 Å². The molecule has 0 spiro atoms. The number of carbonyl (C=O) groups is 1. The van der Waals surface area contributed by atoms with Gasteiger partial charge in [0.05, 0.1) is 6.61 Å². The Morgan fingerprint density at radius 1 is 1.12 bits per heavy atom. The van der Waals surface area contributed by atoms with E-state index in [-0.39, 0.29) is 12.7 Å². The first-order valence-corrected chi connectivity index (χ1v) is 6.01. The van der Waals surface area contributed by atoms with Gasteiger partial charge in [0.1, 0.15) is 5.60 Å². The second-order valence-electron chi connectivity index (χ2n) is 4.40. The Morgan fingerprint density at radius 3 is 2.12 bits per heavy atom. The number of unbranched alkanes of at least 4 members (excludes halogenated alkanes) is 3. The molecule has 0 amide bonds. The minimum absolute atomic E-state index is 0.245. The van der Waals surface area contributed by atoms with Gasteiger partial charge < -0.3 is 15.3 Å². The molecule has 16 heavy (non-hydrogen) atoms. The van der Waals surface area contributed by atoms with Crippen LogP contribution in [-0.2, 0) is 4.79 Å². The summed E-state index contributed by atoms with van der Waals surface area (Å²) < 4.78 is 0. The SMILES string of the molecule is CCCCCCC(O)(CC)C(O)(C=O)CO. The van der Waals surface area contributed by atoms with Gasteiger partial charge in [-0.2, -0.15) is 0 Å². The molecule has 0 heterocycles. The van der Waals surface area contributed by atoms with Crippen LogP contribution >= 0.6 is 0 Å². The van der Waals surface area contributed by atoms with E-state index in [1.165, 1.54) is 0 Å². The number of aliphatic hydroxyl groups excluding tert-OH is 1. The van der Waals surface area contributed by atoms with Crippen molar-refractivity contribution in [3.63, 3.8) is 0 Å². The second-order valence-corrected chi connectivity index (χ2v) is 4.40. The summed E-state index contributed by atoms with van der Waals surface area (Å²) in [5.74, 6) is 0. The van der Waals surface area contributed by atoms with Crippen molar-refractivity contribution in [1.82, 2.24) is 0 Å². The highest BCUT2D eigenvalue weighted by molar-refractivity contribution is 5.64. The molecule has 0 saturated carbocycles. The average molecular weight is 232 g/mol. The number of rotatable bonds is 9. The number of carbonyl (C=O) groups excluding carboxylic acids is 1. The highest BCUT2D eigenvalue weighted by Gasteiger charge is 2.47. The van der Waals surface area contributed by atoms with Crippen molar-refractivity contribution in [3.05, 3.63) is 0 Å². The Labute approximate surface area is 97.3 Å². The van der Waals surface area contributed by atoms with Crippen molar-refractivity contribution >= 4 is 6.29 Å². The molecule has 0 aromatic carbocycles. The van der Waals surface area contributed by atoms with E-state index in [1.54, 1.807) is 6.92 Å². The van der Waals surface area contributed by atoms with E-state index < -0.39 is 17.8 Å². The summed E-state index contributed by atoms with van der Waals surface area (Å²) in [6.07, 6.45) is 4.68. The van der Waals surface area contributed by atoms with Crippen molar-refractivity contribution in [1.29, 1.82) is 0 Å². The lowest BCUT2D eigenvalue weighted by Gasteiger charge is -2.38. The topological polar surface area (TPSA) is 77.8 Å². The molecule has 0 aromatic heterocycles. The minimum atomic E-state index is -2.03. The van der Waals surface area contributed by atoms with Crippen LogP contribution < -0.4 is 0 Å². The third-order valence-electron chi connectivity index (χ3n) is 3.27. The molecule has 0 aromatic rings. The van der Waals surface area contributed by atoms with Crippen LogP contribution in [0.1, 0.15) is 52.4 Å². The molecule has 2 atom stereocenters. The van der Waals surface area contributed by atoms with Gasteiger partial charge in [-0.1, -0.05) is 39.5 Å². The van der Waals surface area contributed by atoms with Crippen LogP contribution in [0.4, 0.5) is 0 Å². The van der Waals surface area contributed by atoms with E-state index in [9.17, 15) is 15.0 Å². The van der Waals surface area contributed by atoms with Gasteiger partial charge in [-0.25, -0.2) is 0 Å². The number of hydrogen-bond acceptors (Lipinski definition) is 4. The van der Waals surface area contributed by atoms with Gasteiger partial charge in [0.15, 0.2) is 11.9 Å². The van der Waals surface area contributed by atoms with E-state index in [0.717, 1.165) is 25.7 Å². The normalized spacial score (nSPS) is 18.8. The molecular weight excluding hydrogens is 208 g/mol. The summed E-state index contributed by atoms with van der Waals surface area (Å²) in [7, 11) is 0. The van der Waals surface area contributed by atoms with E-state index >= 15 is 0 Å². The van der Waals surface area contributed by atoms with Crippen molar-refractivity contribution < 1.29 is 20.1 Å². The van der Waals surface area contributed by atoms with Gasteiger partial charge >= 0.3 is 0 Å². The van der Waals surface area contributed by atoms with Crippen LogP contribution in [0.5, 0.6) is 0 Å². The summed E-state index contributed by atoms with van der Waals surface area (Å²) in [4.78, 5) is 10.8. The maximum Gasteiger partial charge on any atom is 0.171 e. The van der Waals surface area contributed by atoms with E-state index in [2.05, 4.69) is 6.92 Å². The summed E-state index contributed by atoms with van der Waals surface area (Å²) in [6, 6.07) is 0. The summed E-state index contributed by atoms with van der Waals surface area (Å²) in [5.41, 5.74) is -3.55. The zero-order valence-corrected chi connectivity index (χ0v) is 10.3. The Morgan fingerprint density at radius 2 is 1.75 bits per heavy atom. The lowest BCUT2D eigenvalue weighted by atomic mass is 9.78. The van der Waals surface area contributed by atoms with Crippen molar-refractivity contribution in [2.45, 2.75) is 63.6 Å². The van der Waals surface area contributed by atoms with Crippen LogP contribution in [0, 0.1) is 0 Å². The van der Waals surface area contributed by atoms with Crippen molar-refractivity contribution in [3.8, 4) is 0 Å². The Kier molecular flexibility index (Phi) is 6.79. The smallest absolute Gasteiger partial charge is 0.171 e. The Bertz CT molecular complexity index is 207. The third-order valence-corrected chi connectivity index (χ3v) is 3.27. The molecule has 4 nitrogen and oxygen atoms in total. The van der Waals surface area contributed by atoms with E-state index in [0.29, 0.717) is 6.42 Å². The number of hydrogen-bond donors (Lipinski definition) is 3. The van der Waals surface area contributed by atoms with Gasteiger partial charge in [0, 0.05) is 0 Å². The molecule has 3 N–H and O–H groups in total. The number of aldehydes is 1. The second kappa shape index (κ2) is 6.99. The molecule has 0 rings (SSSR count). The summed E-state index contributed by atoms with van der Waals surface area (Å²) >= 11 is 0. The maximum atomic E-state index is 10.8. The molecule has 0 aliphatic rings. The first-order valence-electron chi connectivity index (χ1n) is 6.01. The van der Waals surface area contributed by atoms with Crippen molar-refractivity contribution in [2.75, 3.05) is 6.61 Å². The van der Waals surface area contributed by atoms with E-state index in [4.69, 9.17) is 5.11 Å². The fourth-order valence-electron chi connectivity index (χ4n) is 1.84. The number of aliphatic hydroxyl groups is 3. The molecule has 4 heteroatoms. The minimum Gasteiger partial charge on any atom is -0.393 e. The van der Waals surface area contributed by atoms with Crippen LogP contribution in [0.3, 0.4) is 0 Å². The monoisotopic (exact) mass is 232 g/mol. The summed E-state index contributed by atoms with van der Waals surface area (Å²) in [6.45, 7) is 3.04. The lowest BCUT2D eigenvalue weighted by Crippen LogP contribution is -2.57. The zero-order chi connectivity index (χ0) is 12.7. The van der Waals surface area contributed by atoms with Crippen LogP contribution in [0.15, 0.2) is 0 Å². The van der Waals surface area contributed by atoms with Crippen LogP contribution in [0.25, 0.3) is 0 Å². The largest absolute Gasteiger partial charge is 0.393 e. The molecule has 0 saturated heterocycles. The predicted octanol–water partition coefficient (Wildman–Crippen LogP) is 1.02. The first kappa shape index (κ1) is 15.6. The molecule has 0 aliphatic carbocycles. The lowest BCUT2D eigenvalue weighted by molar-refractivity contribution is -0.177. The highest BCUT2D eigenvalue weighted by atomic mass is 16.4. The van der Waals surface area contributed by atoms with E-state index in [1.807, 2.05) is 0 Å². The van der Waals surface area contributed by atoms with Crippen LogP contribution in [0.2, 0.25) is 0 Å². The van der Waals surface area contributed by atoms with Gasteiger partial charge in [-0.05, 0) is 12.8 Å². The molecule has 0 bridgehead atoms. The van der Waals surface area contributed by atoms with Gasteiger partial charge in [0.2, 0.25) is 0 Å². The van der Waals surface area contributed by atoms with Crippen LogP contribution in [-0.4, -0.2) is 39.4 Å². The zero-order valence-electron chi connectivity index (χ0n) is 10.3. The van der Waals surface area contributed by atoms with Gasteiger partial charge in [-0.15, -0.1) is 0 Å². The summed E-state index contributed by atoms with van der Waals surface area (Å²) in [5, 5.41) is 29.0. The van der Waals surface area contributed by atoms with Gasteiger partial charge in [0.25, 0.3) is 0 Å².